The molecule has 2 rings (SSSR count). The molecule has 0 radical (unpaired) electrons. The number of rotatable bonds is 4. The highest BCUT2D eigenvalue weighted by atomic mass is 35.5. The van der Waals surface area contributed by atoms with Crippen molar-refractivity contribution < 1.29 is 14.3 Å². The number of anilines is 1. The average Bonchev–Trinajstić information content (AvgIpc) is 2.49. The number of ether oxygens (including phenoxy) is 1. The molecule has 8 heteroatoms. The zero-order valence-electron chi connectivity index (χ0n) is 11.4. The van der Waals surface area contributed by atoms with Gasteiger partial charge in [0.1, 0.15) is 5.69 Å². The van der Waals surface area contributed by atoms with Gasteiger partial charge in [-0.1, -0.05) is 23.2 Å². The van der Waals surface area contributed by atoms with Crippen LogP contribution in [0.3, 0.4) is 0 Å². The highest BCUT2D eigenvalue weighted by Gasteiger charge is 2.20. The number of amides is 1. The van der Waals surface area contributed by atoms with Gasteiger partial charge in [-0.3, -0.25) is 4.79 Å². The van der Waals surface area contributed by atoms with Gasteiger partial charge < -0.3 is 10.1 Å². The number of hydrogen-bond acceptors (Lipinski definition) is 5. The molecule has 2 aromatic heterocycles. The van der Waals surface area contributed by atoms with E-state index in [9.17, 15) is 9.59 Å². The number of hydrogen-bond donors (Lipinski definition) is 1. The summed E-state index contributed by atoms with van der Waals surface area (Å²) in [5, 5.41) is 3.01. The Labute approximate surface area is 136 Å². The predicted molar refractivity (Wildman–Crippen MR) is 82.0 cm³/mol. The van der Waals surface area contributed by atoms with E-state index in [-0.39, 0.29) is 10.8 Å². The molecule has 114 valence electrons. The number of nitrogens with zero attached hydrogens (tertiary/aromatic N) is 2. The van der Waals surface area contributed by atoms with Crippen LogP contribution in [0.4, 0.5) is 5.69 Å². The lowest BCUT2D eigenvalue weighted by Crippen LogP contribution is -2.30. The Kier molecular flexibility index (Phi) is 5.30. The maximum Gasteiger partial charge on any atom is 0.357 e. The molecule has 0 aliphatic carbocycles. The highest BCUT2D eigenvalue weighted by molar-refractivity contribution is 6.32. The number of esters is 1. The molecule has 6 nitrogen and oxygen atoms in total. The van der Waals surface area contributed by atoms with Gasteiger partial charge in [0, 0.05) is 17.4 Å². The van der Waals surface area contributed by atoms with E-state index in [0.717, 1.165) is 0 Å². The quantitative estimate of drug-likeness (QED) is 0.684. The molecule has 0 saturated carbocycles. The molecule has 0 saturated heterocycles. The summed E-state index contributed by atoms with van der Waals surface area (Å²) in [6.45, 7) is 1.43. The Hall–Kier alpha value is -2.18. The number of carbonyl (C=O) groups is 2. The number of halogens is 2. The lowest BCUT2D eigenvalue weighted by molar-refractivity contribution is -0.123. The molecule has 0 aromatic carbocycles. The van der Waals surface area contributed by atoms with Gasteiger partial charge in [0.25, 0.3) is 5.91 Å². The lowest BCUT2D eigenvalue weighted by atomic mass is 10.3. The van der Waals surface area contributed by atoms with Crippen LogP contribution in [-0.2, 0) is 9.53 Å². The standard InChI is InChI=1S/C14H11Cl2N3O3/c1-8(13(20)19-10-3-2-5-18-12(10)16)22-14(21)11-7-9(15)4-6-17-11/h2-8H,1H3,(H,19,20)/t8-/m0/s1. The van der Waals surface area contributed by atoms with Crippen molar-refractivity contribution in [3.8, 4) is 0 Å². The fourth-order valence-corrected chi connectivity index (χ4v) is 1.83. The van der Waals surface area contributed by atoms with E-state index in [0.29, 0.717) is 10.7 Å². The van der Waals surface area contributed by atoms with E-state index >= 15 is 0 Å². The van der Waals surface area contributed by atoms with E-state index in [1.165, 1.54) is 31.5 Å². The molecule has 1 N–H and O–H groups in total. The molecule has 22 heavy (non-hydrogen) atoms. The molecular weight excluding hydrogens is 329 g/mol. The highest BCUT2D eigenvalue weighted by Crippen LogP contribution is 2.18. The molecule has 0 unspecified atom stereocenters. The van der Waals surface area contributed by atoms with Crippen molar-refractivity contribution in [1.29, 1.82) is 0 Å². The Balaban J connectivity index is 1.99. The maximum absolute atomic E-state index is 12.0. The second-order valence-corrected chi connectivity index (χ2v) is 5.03. The molecule has 0 aliphatic heterocycles. The van der Waals surface area contributed by atoms with E-state index < -0.39 is 18.0 Å². The average molecular weight is 340 g/mol. The van der Waals surface area contributed by atoms with Crippen molar-refractivity contribution in [3.05, 3.63) is 52.5 Å². The van der Waals surface area contributed by atoms with Crippen LogP contribution in [0.2, 0.25) is 10.2 Å². The summed E-state index contributed by atoms with van der Waals surface area (Å²) in [4.78, 5) is 31.5. The Morgan fingerprint density at radius 1 is 1.23 bits per heavy atom. The van der Waals surface area contributed by atoms with Gasteiger partial charge in [-0.15, -0.1) is 0 Å². The Morgan fingerprint density at radius 3 is 2.68 bits per heavy atom. The first-order chi connectivity index (χ1) is 10.5. The number of nitrogens with one attached hydrogen (secondary N) is 1. The minimum Gasteiger partial charge on any atom is -0.448 e. The summed E-state index contributed by atoms with van der Waals surface area (Å²) in [5.74, 6) is -1.28. The molecular formula is C14H11Cl2N3O3. The summed E-state index contributed by atoms with van der Waals surface area (Å²) < 4.78 is 5.03. The van der Waals surface area contributed by atoms with Crippen LogP contribution in [0.5, 0.6) is 0 Å². The molecule has 0 spiro atoms. The first-order valence-electron chi connectivity index (χ1n) is 6.21. The topological polar surface area (TPSA) is 81.2 Å². The first-order valence-corrected chi connectivity index (χ1v) is 6.97. The van der Waals surface area contributed by atoms with Gasteiger partial charge in [-0.2, -0.15) is 0 Å². The smallest absolute Gasteiger partial charge is 0.357 e. The SMILES string of the molecule is C[C@H](OC(=O)c1cc(Cl)ccn1)C(=O)Nc1cccnc1Cl. The summed E-state index contributed by atoms with van der Waals surface area (Å²) in [6.07, 6.45) is 1.83. The van der Waals surface area contributed by atoms with Crippen LogP contribution in [0.1, 0.15) is 17.4 Å². The summed E-state index contributed by atoms with van der Waals surface area (Å²) in [7, 11) is 0. The van der Waals surface area contributed by atoms with Gasteiger partial charge in [-0.05, 0) is 31.2 Å². The molecule has 1 atom stereocenters. The normalized spacial score (nSPS) is 11.6. The van der Waals surface area contributed by atoms with Crippen molar-refractivity contribution in [3.63, 3.8) is 0 Å². The minimum absolute atomic E-state index is 0.0200. The fraction of sp³-hybridized carbons (Fsp3) is 0.143. The summed E-state index contributed by atoms with van der Waals surface area (Å²) >= 11 is 11.6. The zero-order chi connectivity index (χ0) is 16.1. The number of pyridine rings is 2. The van der Waals surface area contributed by atoms with Crippen LogP contribution < -0.4 is 5.32 Å². The van der Waals surface area contributed by atoms with E-state index in [2.05, 4.69) is 15.3 Å². The third kappa shape index (κ3) is 4.16. The van der Waals surface area contributed by atoms with Gasteiger partial charge in [-0.25, -0.2) is 14.8 Å². The van der Waals surface area contributed by atoms with Crippen LogP contribution in [0.15, 0.2) is 36.7 Å². The summed E-state index contributed by atoms with van der Waals surface area (Å²) in [6, 6.07) is 6.08. The monoisotopic (exact) mass is 339 g/mol. The van der Waals surface area contributed by atoms with Crippen molar-refractivity contribution in [2.24, 2.45) is 0 Å². The Bertz CT molecular complexity index is 709. The first kappa shape index (κ1) is 16.2. The van der Waals surface area contributed by atoms with Gasteiger partial charge >= 0.3 is 5.97 Å². The van der Waals surface area contributed by atoms with Crippen molar-refractivity contribution in [2.45, 2.75) is 13.0 Å². The van der Waals surface area contributed by atoms with E-state index in [1.54, 1.807) is 12.1 Å². The number of aromatic nitrogens is 2. The van der Waals surface area contributed by atoms with Gasteiger partial charge in [0.15, 0.2) is 11.3 Å². The molecule has 2 heterocycles. The van der Waals surface area contributed by atoms with Gasteiger partial charge in [0.05, 0.1) is 5.69 Å². The second kappa shape index (κ2) is 7.20. The summed E-state index contributed by atoms with van der Waals surface area (Å²) in [5.41, 5.74) is 0.351. The van der Waals surface area contributed by atoms with Crippen LogP contribution in [0, 0.1) is 0 Å². The van der Waals surface area contributed by atoms with Crippen LogP contribution in [0.25, 0.3) is 0 Å². The molecule has 0 bridgehead atoms. The predicted octanol–water partition coefficient (Wildman–Crippen LogP) is 2.97. The lowest BCUT2D eigenvalue weighted by Gasteiger charge is -2.13. The van der Waals surface area contributed by atoms with Crippen LogP contribution >= 0.6 is 23.2 Å². The van der Waals surface area contributed by atoms with E-state index in [1.807, 2.05) is 0 Å². The zero-order valence-corrected chi connectivity index (χ0v) is 12.9. The fourth-order valence-electron chi connectivity index (χ4n) is 1.50. The van der Waals surface area contributed by atoms with Gasteiger partial charge in [0.2, 0.25) is 0 Å². The molecule has 2 aromatic rings. The van der Waals surface area contributed by atoms with Crippen LogP contribution in [-0.4, -0.2) is 27.9 Å². The van der Waals surface area contributed by atoms with Crippen molar-refractivity contribution >= 4 is 40.8 Å². The maximum atomic E-state index is 12.0. The largest absolute Gasteiger partial charge is 0.448 e. The number of carbonyl (C=O) groups excluding carboxylic acids is 2. The molecule has 1 amide bonds. The Morgan fingerprint density at radius 2 is 2.00 bits per heavy atom. The molecule has 0 aliphatic rings. The van der Waals surface area contributed by atoms with Crippen molar-refractivity contribution in [1.82, 2.24) is 9.97 Å². The second-order valence-electron chi connectivity index (χ2n) is 4.24. The molecule has 0 fully saturated rings. The third-order valence-corrected chi connectivity index (χ3v) is 3.14. The van der Waals surface area contributed by atoms with E-state index in [4.69, 9.17) is 27.9 Å². The van der Waals surface area contributed by atoms with Crippen molar-refractivity contribution in [2.75, 3.05) is 5.32 Å². The third-order valence-electron chi connectivity index (χ3n) is 2.60. The minimum atomic E-state index is -1.04.